The second kappa shape index (κ2) is 10.6. The highest BCUT2D eigenvalue weighted by Crippen LogP contribution is 2.30. The minimum atomic E-state index is -3.77. The van der Waals surface area contributed by atoms with Crippen molar-refractivity contribution in [1.29, 1.82) is 0 Å². The fourth-order valence-electron chi connectivity index (χ4n) is 4.41. The Hall–Kier alpha value is -2.53. The molecule has 1 N–H and O–H groups in total. The maximum atomic E-state index is 13.1. The van der Waals surface area contributed by atoms with Crippen molar-refractivity contribution in [3.8, 4) is 0 Å². The predicted octanol–water partition coefficient (Wildman–Crippen LogP) is 2.61. The Balaban J connectivity index is 1.34. The van der Waals surface area contributed by atoms with E-state index < -0.39 is 14.9 Å². The van der Waals surface area contributed by atoms with Crippen LogP contribution in [0.5, 0.6) is 0 Å². The molecule has 178 valence electrons. The normalized spacial score (nSPS) is 18.4. The van der Waals surface area contributed by atoms with E-state index in [4.69, 9.17) is 0 Å². The monoisotopic (exact) mass is 473 g/mol. The molecule has 2 fully saturated rings. The van der Waals surface area contributed by atoms with Gasteiger partial charge in [-0.05, 0) is 24.5 Å². The molecule has 2 aromatic rings. The predicted molar refractivity (Wildman–Crippen MR) is 128 cm³/mol. The fraction of sp³-hybridized carbons (Fsp3) is 0.478. The smallest absolute Gasteiger partial charge is 0.270 e. The Bertz CT molecular complexity index is 1050. The topological polar surface area (TPSA) is 99.0 Å². The van der Waals surface area contributed by atoms with E-state index in [2.05, 4.69) is 39.4 Å². The average Bonchev–Trinajstić information content (AvgIpc) is 3.37. The number of benzene rings is 2. The zero-order chi connectivity index (χ0) is 23.3. The minimum absolute atomic E-state index is 0.00807. The lowest BCUT2D eigenvalue weighted by Crippen LogP contribution is -2.47. The molecule has 10 heteroatoms. The Labute approximate surface area is 195 Å². The number of non-ortho nitro benzene ring substituents is 1. The molecule has 0 radical (unpaired) electrons. The molecule has 0 atom stereocenters. The summed E-state index contributed by atoms with van der Waals surface area (Å²) < 4.78 is 27.7. The second-order valence-corrected chi connectivity index (χ2v) is 10.5. The maximum Gasteiger partial charge on any atom is 0.270 e. The summed E-state index contributed by atoms with van der Waals surface area (Å²) in [7, 11) is -3.77. The van der Waals surface area contributed by atoms with Gasteiger partial charge in [0.15, 0.2) is 0 Å². The zero-order valence-electron chi connectivity index (χ0n) is 18.7. The fourth-order valence-corrected chi connectivity index (χ4v) is 6.12. The molecule has 2 aliphatic rings. The molecule has 0 saturated carbocycles. The van der Waals surface area contributed by atoms with Gasteiger partial charge in [-0.25, -0.2) is 8.42 Å². The van der Waals surface area contributed by atoms with E-state index in [1.807, 2.05) is 6.07 Å². The Morgan fingerprint density at radius 3 is 2.24 bits per heavy atom. The number of nitro benzene ring substituents is 1. The third kappa shape index (κ3) is 5.89. The molecule has 0 aromatic heterocycles. The van der Waals surface area contributed by atoms with Crippen LogP contribution in [-0.4, -0.2) is 79.8 Å². The Morgan fingerprint density at radius 2 is 1.58 bits per heavy atom. The van der Waals surface area contributed by atoms with Crippen LogP contribution in [-0.2, 0) is 16.6 Å². The summed E-state index contributed by atoms with van der Waals surface area (Å²) in [6.07, 6.45) is 1.63. The van der Waals surface area contributed by atoms with E-state index in [0.717, 1.165) is 52.1 Å². The largest absolute Gasteiger partial charge is 0.383 e. The Morgan fingerprint density at radius 1 is 0.909 bits per heavy atom. The second-order valence-electron chi connectivity index (χ2n) is 8.58. The lowest BCUT2D eigenvalue weighted by molar-refractivity contribution is -0.385. The van der Waals surface area contributed by atoms with Gasteiger partial charge in [-0.2, -0.15) is 4.31 Å². The van der Waals surface area contributed by atoms with Crippen molar-refractivity contribution in [1.82, 2.24) is 14.1 Å². The quantitative estimate of drug-likeness (QED) is 0.441. The summed E-state index contributed by atoms with van der Waals surface area (Å²) in [4.78, 5) is 15.5. The average molecular weight is 474 g/mol. The molecule has 0 bridgehead atoms. The van der Waals surface area contributed by atoms with Crippen molar-refractivity contribution in [2.24, 2.45) is 0 Å². The maximum absolute atomic E-state index is 13.1. The van der Waals surface area contributed by atoms with E-state index in [0.29, 0.717) is 25.3 Å². The summed E-state index contributed by atoms with van der Waals surface area (Å²) in [6.45, 7) is 7.09. The Kier molecular flexibility index (Phi) is 7.59. The number of hydrogen-bond donors (Lipinski definition) is 1. The van der Waals surface area contributed by atoms with Crippen LogP contribution in [0.2, 0.25) is 0 Å². The van der Waals surface area contributed by atoms with Gasteiger partial charge in [-0.15, -0.1) is 0 Å². The van der Waals surface area contributed by atoms with E-state index >= 15 is 0 Å². The molecular formula is C23H31N5O4S. The number of rotatable bonds is 9. The van der Waals surface area contributed by atoms with Crippen molar-refractivity contribution in [3.63, 3.8) is 0 Å². The molecule has 0 amide bonds. The van der Waals surface area contributed by atoms with Crippen LogP contribution < -0.4 is 5.32 Å². The van der Waals surface area contributed by atoms with Gasteiger partial charge in [0.2, 0.25) is 10.0 Å². The van der Waals surface area contributed by atoms with E-state index in [-0.39, 0.29) is 10.6 Å². The lowest BCUT2D eigenvalue weighted by Gasteiger charge is -2.34. The first-order chi connectivity index (χ1) is 15.9. The summed E-state index contributed by atoms with van der Waals surface area (Å²) >= 11 is 0. The van der Waals surface area contributed by atoms with Crippen LogP contribution in [0, 0.1) is 10.1 Å². The van der Waals surface area contributed by atoms with Gasteiger partial charge in [-0.1, -0.05) is 30.3 Å². The lowest BCUT2D eigenvalue weighted by atomic mass is 10.2. The standard InChI is InChI=1S/C23H31N5O4S/c29-28(30)21-8-9-22(23(18-21)33(31,32)27-11-4-5-12-27)24-10-13-25-14-16-26(17-15-25)19-20-6-2-1-3-7-20/h1-3,6-9,18,24H,4-5,10-17,19H2. The molecule has 33 heavy (non-hydrogen) atoms. The van der Waals surface area contributed by atoms with Crippen molar-refractivity contribution in [3.05, 3.63) is 64.2 Å². The number of nitrogens with one attached hydrogen (secondary N) is 1. The molecule has 2 saturated heterocycles. The molecule has 2 heterocycles. The van der Waals surface area contributed by atoms with E-state index in [1.54, 1.807) is 0 Å². The van der Waals surface area contributed by atoms with Crippen molar-refractivity contribution >= 4 is 21.4 Å². The first kappa shape index (κ1) is 23.6. The molecule has 9 nitrogen and oxygen atoms in total. The van der Waals surface area contributed by atoms with Gasteiger partial charge in [0, 0.05) is 71.0 Å². The molecule has 0 unspecified atom stereocenters. The van der Waals surface area contributed by atoms with Crippen molar-refractivity contribution in [2.75, 3.05) is 57.7 Å². The first-order valence-electron chi connectivity index (χ1n) is 11.4. The van der Waals surface area contributed by atoms with Gasteiger partial charge in [0.05, 0.1) is 10.6 Å². The van der Waals surface area contributed by atoms with Crippen LogP contribution in [0.15, 0.2) is 53.4 Å². The number of anilines is 1. The molecule has 2 aliphatic heterocycles. The molecule has 0 spiro atoms. The summed E-state index contributed by atoms with van der Waals surface area (Å²) in [5.41, 5.74) is 1.53. The van der Waals surface area contributed by atoms with Gasteiger partial charge in [-0.3, -0.25) is 19.9 Å². The van der Waals surface area contributed by atoms with E-state index in [1.165, 1.54) is 28.1 Å². The van der Waals surface area contributed by atoms with Crippen molar-refractivity contribution in [2.45, 2.75) is 24.3 Å². The molecule has 2 aromatic carbocycles. The highest BCUT2D eigenvalue weighted by Gasteiger charge is 2.31. The number of sulfonamides is 1. The van der Waals surface area contributed by atoms with Crippen LogP contribution in [0.25, 0.3) is 0 Å². The summed E-state index contributed by atoms with van der Waals surface area (Å²) in [6, 6.07) is 14.5. The van der Waals surface area contributed by atoms with Gasteiger partial charge >= 0.3 is 0 Å². The van der Waals surface area contributed by atoms with Crippen LogP contribution >= 0.6 is 0 Å². The number of piperazine rings is 1. The first-order valence-corrected chi connectivity index (χ1v) is 12.9. The van der Waals surface area contributed by atoms with Crippen LogP contribution in [0.3, 0.4) is 0 Å². The summed E-state index contributed by atoms with van der Waals surface area (Å²) in [5.74, 6) is 0. The highest BCUT2D eigenvalue weighted by atomic mass is 32.2. The number of nitro groups is 1. The summed E-state index contributed by atoms with van der Waals surface area (Å²) in [5, 5.41) is 14.5. The third-order valence-electron chi connectivity index (χ3n) is 6.32. The van der Waals surface area contributed by atoms with Crippen LogP contribution in [0.1, 0.15) is 18.4 Å². The van der Waals surface area contributed by atoms with Gasteiger partial charge < -0.3 is 5.32 Å². The number of nitrogens with zero attached hydrogens (tertiary/aromatic N) is 4. The van der Waals surface area contributed by atoms with Crippen LogP contribution in [0.4, 0.5) is 11.4 Å². The van der Waals surface area contributed by atoms with Crippen molar-refractivity contribution < 1.29 is 13.3 Å². The number of hydrogen-bond acceptors (Lipinski definition) is 7. The molecule has 0 aliphatic carbocycles. The minimum Gasteiger partial charge on any atom is -0.383 e. The SMILES string of the molecule is O=[N+]([O-])c1ccc(NCCN2CCN(Cc3ccccc3)CC2)c(S(=O)(=O)N2CCCC2)c1. The highest BCUT2D eigenvalue weighted by molar-refractivity contribution is 7.89. The molecular weight excluding hydrogens is 442 g/mol. The van der Waals surface area contributed by atoms with E-state index in [9.17, 15) is 18.5 Å². The zero-order valence-corrected chi connectivity index (χ0v) is 19.5. The molecule has 4 rings (SSSR count). The van der Waals surface area contributed by atoms with Gasteiger partial charge in [0.25, 0.3) is 5.69 Å². The third-order valence-corrected chi connectivity index (χ3v) is 8.25. The van der Waals surface area contributed by atoms with Gasteiger partial charge in [0.1, 0.15) is 4.90 Å².